The van der Waals surface area contributed by atoms with Crippen LogP contribution >= 0.6 is 0 Å². The Balaban J connectivity index is 2.32. The van der Waals surface area contributed by atoms with Gasteiger partial charge in [0, 0.05) is 0 Å². The van der Waals surface area contributed by atoms with E-state index in [1.54, 1.807) is 0 Å². The summed E-state index contributed by atoms with van der Waals surface area (Å²) in [7, 11) is 0. The van der Waals surface area contributed by atoms with Gasteiger partial charge in [-0.25, -0.2) is 4.98 Å². The van der Waals surface area contributed by atoms with Gasteiger partial charge in [-0.3, -0.25) is 9.98 Å². The minimum absolute atomic E-state index is 0.600. The fourth-order valence-electron chi connectivity index (χ4n) is 2.20. The van der Waals surface area contributed by atoms with E-state index in [1.165, 1.54) is 5.56 Å². The monoisotopic (exact) mass is 303 g/mol. The molecule has 0 N–H and O–H groups in total. The highest BCUT2D eigenvalue weighted by atomic mass is 16.5. The summed E-state index contributed by atoms with van der Waals surface area (Å²) < 4.78 is 11.0. The van der Waals surface area contributed by atoms with Crippen molar-refractivity contribution >= 4 is 11.4 Å². The molecule has 5 nitrogen and oxygen atoms in total. The highest BCUT2D eigenvalue weighted by Crippen LogP contribution is 2.10. The number of hydrogen-bond donors (Lipinski definition) is 0. The van der Waals surface area contributed by atoms with E-state index in [0.717, 1.165) is 29.2 Å². The molecule has 1 aromatic heterocycles. The molecule has 1 aliphatic rings. The highest BCUT2D eigenvalue weighted by Gasteiger charge is 2.07. The first-order chi connectivity index (χ1) is 10.7. The van der Waals surface area contributed by atoms with Crippen molar-refractivity contribution in [3.8, 4) is 0 Å². The predicted molar refractivity (Wildman–Crippen MR) is 89.4 cm³/mol. The molecule has 0 radical (unpaired) electrons. The molecule has 2 heterocycles. The first kappa shape index (κ1) is 16.8. The molecule has 0 aromatic carbocycles. The van der Waals surface area contributed by atoms with Gasteiger partial charge < -0.3 is 9.47 Å². The standard InChI is InChI=1S/C17H25N3O2/c1-4-15-11-16-13(2)18-5-7-21-9-10-22-8-6-19-14(3)17(12-15)20-16/h11-12H,4-10H2,1-3H3/b18-13+,19-14+. The molecular weight excluding hydrogens is 278 g/mol. The minimum Gasteiger partial charge on any atom is -0.377 e. The second-order valence-electron chi connectivity index (χ2n) is 5.26. The van der Waals surface area contributed by atoms with E-state index in [1.807, 2.05) is 13.8 Å². The van der Waals surface area contributed by atoms with Crippen LogP contribution in [0.3, 0.4) is 0 Å². The van der Waals surface area contributed by atoms with E-state index >= 15 is 0 Å². The summed E-state index contributed by atoms with van der Waals surface area (Å²) in [5, 5.41) is 0. The molecule has 0 saturated heterocycles. The van der Waals surface area contributed by atoms with Crippen molar-refractivity contribution in [3.05, 3.63) is 29.1 Å². The number of ether oxygens (including phenoxy) is 2. The molecule has 5 heteroatoms. The molecule has 0 amide bonds. The Kier molecular flexibility index (Phi) is 6.68. The van der Waals surface area contributed by atoms with Gasteiger partial charge in [0.15, 0.2) is 0 Å². The first-order valence-electron chi connectivity index (χ1n) is 7.90. The molecule has 22 heavy (non-hydrogen) atoms. The maximum absolute atomic E-state index is 5.49. The van der Waals surface area contributed by atoms with Crippen molar-refractivity contribution < 1.29 is 9.47 Å². The summed E-state index contributed by atoms with van der Waals surface area (Å²) >= 11 is 0. The van der Waals surface area contributed by atoms with Gasteiger partial charge in [0.25, 0.3) is 0 Å². The van der Waals surface area contributed by atoms with Crippen LogP contribution in [0, 0.1) is 0 Å². The van der Waals surface area contributed by atoms with Crippen LogP contribution in [0.25, 0.3) is 0 Å². The zero-order chi connectivity index (χ0) is 15.8. The van der Waals surface area contributed by atoms with Crippen LogP contribution in [0.2, 0.25) is 0 Å². The Labute approximate surface area is 132 Å². The van der Waals surface area contributed by atoms with Crippen LogP contribution in [0.15, 0.2) is 22.1 Å². The quantitative estimate of drug-likeness (QED) is 0.800. The van der Waals surface area contributed by atoms with Crippen LogP contribution < -0.4 is 0 Å². The van der Waals surface area contributed by atoms with Gasteiger partial charge in [0.2, 0.25) is 0 Å². The Morgan fingerprint density at radius 2 is 1.36 bits per heavy atom. The molecule has 0 aliphatic carbocycles. The van der Waals surface area contributed by atoms with Gasteiger partial charge >= 0.3 is 0 Å². The largest absolute Gasteiger partial charge is 0.377 e. The van der Waals surface area contributed by atoms with E-state index in [9.17, 15) is 0 Å². The number of aryl methyl sites for hydroxylation is 1. The van der Waals surface area contributed by atoms with Crippen LogP contribution in [0.4, 0.5) is 0 Å². The molecule has 120 valence electrons. The lowest BCUT2D eigenvalue weighted by Gasteiger charge is -2.08. The van der Waals surface area contributed by atoms with E-state index in [2.05, 4.69) is 29.0 Å². The summed E-state index contributed by atoms with van der Waals surface area (Å²) in [5.74, 6) is 0. The second-order valence-corrected chi connectivity index (χ2v) is 5.26. The molecule has 2 bridgehead atoms. The Hall–Kier alpha value is -1.59. The van der Waals surface area contributed by atoms with E-state index in [-0.39, 0.29) is 0 Å². The summed E-state index contributed by atoms with van der Waals surface area (Å²) in [5.41, 5.74) is 4.99. The Bertz CT molecular complexity index is 509. The number of aromatic nitrogens is 1. The summed E-state index contributed by atoms with van der Waals surface area (Å²) in [6, 6.07) is 4.22. The van der Waals surface area contributed by atoms with Crippen LogP contribution in [0.1, 0.15) is 37.7 Å². The molecular formula is C17H25N3O2. The SMILES string of the molecule is CCc1cc2nc(c1)/C(C)=N/CCOCCOCC/N=C/2C. The third kappa shape index (κ3) is 5.00. The average Bonchev–Trinajstić information content (AvgIpc) is 2.55. The van der Waals surface area contributed by atoms with Crippen molar-refractivity contribution in [2.24, 2.45) is 9.98 Å². The van der Waals surface area contributed by atoms with E-state index in [4.69, 9.17) is 14.5 Å². The zero-order valence-corrected chi connectivity index (χ0v) is 13.8. The molecule has 1 aliphatic heterocycles. The Morgan fingerprint density at radius 3 is 1.82 bits per heavy atom. The number of fused-ring (bicyclic) bond motifs is 2. The van der Waals surface area contributed by atoms with Crippen molar-refractivity contribution in [1.29, 1.82) is 0 Å². The fraction of sp³-hybridized carbons (Fsp3) is 0.588. The van der Waals surface area contributed by atoms with E-state index in [0.29, 0.717) is 39.5 Å². The molecule has 0 saturated carbocycles. The lowest BCUT2D eigenvalue weighted by Crippen LogP contribution is -2.09. The van der Waals surface area contributed by atoms with Gasteiger partial charge in [-0.1, -0.05) is 6.92 Å². The normalized spacial score (nSPS) is 22.7. The minimum atomic E-state index is 0.600. The van der Waals surface area contributed by atoms with Crippen LogP contribution in [-0.4, -0.2) is 55.9 Å². The van der Waals surface area contributed by atoms with Crippen LogP contribution in [-0.2, 0) is 15.9 Å². The number of hydrogen-bond acceptors (Lipinski definition) is 5. The summed E-state index contributed by atoms with van der Waals surface area (Å²) in [4.78, 5) is 13.8. The lowest BCUT2D eigenvalue weighted by atomic mass is 10.1. The van der Waals surface area contributed by atoms with Gasteiger partial charge in [-0.15, -0.1) is 0 Å². The number of aliphatic imine (C=N–C) groups is 2. The van der Waals surface area contributed by atoms with Crippen molar-refractivity contribution in [3.63, 3.8) is 0 Å². The highest BCUT2D eigenvalue weighted by molar-refractivity contribution is 6.01. The maximum atomic E-state index is 5.49. The van der Waals surface area contributed by atoms with Gasteiger partial charge in [0.1, 0.15) is 0 Å². The van der Waals surface area contributed by atoms with Gasteiger partial charge in [-0.05, 0) is 38.0 Å². The second kappa shape index (κ2) is 8.76. The predicted octanol–water partition coefficient (Wildman–Crippen LogP) is 2.31. The zero-order valence-electron chi connectivity index (χ0n) is 13.8. The fourth-order valence-corrected chi connectivity index (χ4v) is 2.20. The molecule has 0 unspecified atom stereocenters. The number of pyridine rings is 1. The van der Waals surface area contributed by atoms with Crippen molar-refractivity contribution in [2.45, 2.75) is 27.2 Å². The first-order valence-corrected chi connectivity index (χ1v) is 7.90. The van der Waals surface area contributed by atoms with E-state index < -0.39 is 0 Å². The molecule has 2 rings (SSSR count). The third-order valence-corrected chi connectivity index (χ3v) is 3.58. The van der Waals surface area contributed by atoms with Gasteiger partial charge in [0.05, 0.1) is 62.3 Å². The molecule has 0 spiro atoms. The number of rotatable bonds is 1. The maximum Gasteiger partial charge on any atom is 0.0847 e. The van der Waals surface area contributed by atoms with Crippen molar-refractivity contribution in [2.75, 3.05) is 39.5 Å². The topological polar surface area (TPSA) is 56.1 Å². The smallest absolute Gasteiger partial charge is 0.0847 e. The lowest BCUT2D eigenvalue weighted by molar-refractivity contribution is 0.0541. The molecule has 0 atom stereocenters. The summed E-state index contributed by atoms with van der Waals surface area (Å²) in [6.07, 6.45) is 0.968. The van der Waals surface area contributed by atoms with Crippen LogP contribution in [0.5, 0.6) is 0 Å². The number of nitrogens with zero attached hydrogens (tertiary/aromatic N) is 3. The summed E-state index contributed by atoms with van der Waals surface area (Å²) in [6.45, 7) is 9.85. The van der Waals surface area contributed by atoms with Crippen molar-refractivity contribution in [1.82, 2.24) is 4.98 Å². The average molecular weight is 303 g/mol. The Morgan fingerprint density at radius 1 is 0.864 bits per heavy atom. The third-order valence-electron chi connectivity index (χ3n) is 3.58. The molecule has 1 aromatic rings. The molecule has 0 fully saturated rings. The van der Waals surface area contributed by atoms with Gasteiger partial charge in [-0.2, -0.15) is 0 Å².